The summed E-state index contributed by atoms with van der Waals surface area (Å²) in [5.74, 6) is -3.23. The first-order chi connectivity index (χ1) is 34.6. The molecule has 6 rings (SSSR count). The number of hydrogen-bond donors (Lipinski definition) is 1. The molecule has 2 aromatic heterocycles. The number of hydrogen-bond acceptors (Lipinski definition) is 17. The van der Waals surface area contributed by atoms with Gasteiger partial charge < -0.3 is 42.3 Å². The summed E-state index contributed by atoms with van der Waals surface area (Å²) < 4.78 is 85.5. The van der Waals surface area contributed by atoms with Gasteiger partial charge in [0.05, 0.1) is 47.0 Å². The van der Waals surface area contributed by atoms with Gasteiger partial charge in [0.25, 0.3) is 0 Å². The van der Waals surface area contributed by atoms with Crippen LogP contribution in [0, 0.1) is 0 Å². The summed E-state index contributed by atoms with van der Waals surface area (Å²) in [6, 6.07) is 16.6. The van der Waals surface area contributed by atoms with Crippen LogP contribution in [0.2, 0.25) is 48.8 Å². The minimum atomic E-state index is -4.29. The molecule has 2 saturated heterocycles. The number of rotatable bonds is 23. The number of aromatic nitrogens is 3. The second-order valence-corrected chi connectivity index (χ2v) is 33.9. The van der Waals surface area contributed by atoms with Crippen molar-refractivity contribution < 1.29 is 69.9 Å². The zero-order valence-corrected chi connectivity index (χ0v) is 48.1. The van der Waals surface area contributed by atoms with Gasteiger partial charge >= 0.3 is 29.9 Å². The first-order valence-electron chi connectivity index (χ1n) is 24.7. The van der Waals surface area contributed by atoms with Gasteiger partial charge in [0.1, 0.15) is 25.0 Å². The van der Waals surface area contributed by atoms with Gasteiger partial charge in [-0.1, -0.05) is 95.3 Å². The highest BCUT2D eigenvalue weighted by molar-refractivity contribution is 7.89. The minimum absolute atomic E-state index is 0.0255. The quantitative estimate of drug-likeness (QED) is 0.0320. The zero-order valence-electron chi connectivity index (χ0n) is 44.5. The number of esters is 4. The Morgan fingerprint density at radius 2 is 1.28 bits per heavy atom. The van der Waals surface area contributed by atoms with Gasteiger partial charge in [-0.25, -0.2) is 18.1 Å². The molecule has 0 spiro atoms. The lowest BCUT2D eigenvalue weighted by molar-refractivity contribution is -0.197. The molecule has 0 unspecified atom stereocenters. The van der Waals surface area contributed by atoms with E-state index in [2.05, 4.69) is 58.2 Å². The molecule has 2 aliphatic heterocycles. The predicted octanol–water partition coefficient (Wildman–Crippen LogP) is 8.08. The Kier molecular flexibility index (Phi) is 19.0. The SMILES string of the molecule is CC[C@@H](OC(C)=O)[C@@H](OC(C)=O)[C@H](OC(C)=O)[C@H](CNS(=O)(=O)c1ccc(-c2ccc(-c3nc4nc(O[C@@H]5CO[C@H]6[C@@H]5OC[C@H]6O[Si](C)(C)C(C)(C)C)n(COCC[Si](C)(C)C)c4cc3Cl)cc2)cc1)OC(C)=O. The summed E-state index contributed by atoms with van der Waals surface area (Å²) >= 11 is 7.01. The molecule has 0 amide bonds. The Labute approximate surface area is 440 Å². The van der Waals surface area contributed by atoms with Crippen LogP contribution in [-0.2, 0) is 73.5 Å². The Bertz CT molecular complexity index is 2750. The summed E-state index contributed by atoms with van der Waals surface area (Å²) in [5.41, 5.74) is 3.68. The van der Waals surface area contributed by atoms with Gasteiger partial charge in [-0.05, 0) is 59.9 Å². The third-order valence-corrected chi connectivity index (χ3v) is 21.1. The summed E-state index contributed by atoms with van der Waals surface area (Å²) in [6.45, 7) is 24.8. The summed E-state index contributed by atoms with van der Waals surface area (Å²) in [7, 11) is -7.76. The Balaban J connectivity index is 1.20. The third-order valence-electron chi connectivity index (χ3n) is 13.2. The van der Waals surface area contributed by atoms with E-state index in [9.17, 15) is 27.6 Å². The van der Waals surface area contributed by atoms with Crippen LogP contribution in [0.1, 0.15) is 61.8 Å². The topological polar surface area (TPSA) is 228 Å². The van der Waals surface area contributed by atoms with E-state index in [1.807, 2.05) is 28.8 Å². The van der Waals surface area contributed by atoms with Gasteiger partial charge in [0.15, 0.2) is 38.4 Å². The van der Waals surface area contributed by atoms with Crippen molar-refractivity contribution in [3.8, 4) is 28.4 Å². The normalized spacial score (nSPS) is 19.8. The molecule has 1 N–H and O–H groups in total. The minimum Gasteiger partial charge on any atom is -0.458 e. The molecular formula is C51H71ClN4O15SSi2. The van der Waals surface area contributed by atoms with Gasteiger partial charge in [0, 0.05) is 47.9 Å². The second-order valence-electron chi connectivity index (χ2n) is 21.3. The number of fused-ring (bicyclic) bond motifs is 2. The fraction of sp³-hybridized carbons (Fsp3) is 0.569. The molecule has 0 bridgehead atoms. The van der Waals surface area contributed by atoms with Gasteiger partial charge in [-0.15, -0.1) is 0 Å². The molecule has 8 atom stereocenters. The van der Waals surface area contributed by atoms with Gasteiger partial charge in [0.2, 0.25) is 10.0 Å². The maximum absolute atomic E-state index is 13.7. The molecule has 74 heavy (non-hydrogen) atoms. The number of nitrogens with one attached hydrogen (secondary N) is 1. The second kappa shape index (κ2) is 24.0. The van der Waals surface area contributed by atoms with Crippen molar-refractivity contribution in [2.45, 2.75) is 166 Å². The number of imidazole rings is 1. The van der Waals surface area contributed by atoms with E-state index in [1.165, 1.54) is 12.1 Å². The van der Waals surface area contributed by atoms with Crippen molar-refractivity contribution in [3.05, 3.63) is 59.6 Å². The van der Waals surface area contributed by atoms with E-state index >= 15 is 0 Å². The molecule has 4 heterocycles. The maximum Gasteiger partial charge on any atom is 0.303 e. The molecule has 23 heteroatoms. The highest BCUT2D eigenvalue weighted by Gasteiger charge is 2.53. The van der Waals surface area contributed by atoms with Crippen LogP contribution >= 0.6 is 11.6 Å². The lowest BCUT2D eigenvalue weighted by Gasteiger charge is -2.39. The van der Waals surface area contributed by atoms with Crippen LogP contribution < -0.4 is 9.46 Å². The van der Waals surface area contributed by atoms with Crippen LogP contribution in [0.25, 0.3) is 33.5 Å². The molecule has 0 aliphatic carbocycles. The van der Waals surface area contributed by atoms with Crippen molar-refractivity contribution >= 4 is 73.1 Å². The first-order valence-corrected chi connectivity index (χ1v) is 33.2. The highest BCUT2D eigenvalue weighted by Crippen LogP contribution is 2.41. The molecule has 2 aliphatic rings. The molecule has 0 radical (unpaired) electrons. The number of sulfonamides is 1. The summed E-state index contributed by atoms with van der Waals surface area (Å²) in [6.07, 6.45) is -6.87. The number of carbonyl (C=O) groups is 4. The number of halogens is 1. The number of pyridine rings is 1. The molecule has 2 fully saturated rings. The summed E-state index contributed by atoms with van der Waals surface area (Å²) in [4.78, 5) is 58.4. The van der Waals surface area contributed by atoms with Crippen molar-refractivity contribution in [3.63, 3.8) is 0 Å². The van der Waals surface area contributed by atoms with Crippen molar-refractivity contribution in [2.75, 3.05) is 26.4 Å². The van der Waals surface area contributed by atoms with Crippen LogP contribution in [0.15, 0.2) is 59.5 Å². The van der Waals surface area contributed by atoms with E-state index in [-0.39, 0.29) is 41.4 Å². The molecule has 0 saturated carbocycles. The lowest BCUT2D eigenvalue weighted by Crippen LogP contribution is -2.54. The van der Waals surface area contributed by atoms with Gasteiger partial charge in [-0.2, -0.15) is 4.98 Å². The monoisotopic (exact) mass is 1100 g/mol. The number of carbonyl (C=O) groups excluding carboxylic acids is 4. The molecular weight excluding hydrogens is 1030 g/mol. The Morgan fingerprint density at radius 1 is 0.770 bits per heavy atom. The fourth-order valence-corrected chi connectivity index (χ4v) is 11.7. The molecule has 406 valence electrons. The van der Waals surface area contributed by atoms with Gasteiger partial charge in [-0.3, -0.25) is 23.7 Å². The Hall–Kier alpha value is -4.79. The molecule has 19 nitrogen and oxygen atoms in total. The van der Waals surface area contributed by atoms with E-state index in [0.717, 1.165) is 39.3 Å². The van der Waals surface area contributed by atoms with E-state index in [1.54, 1.807) is 25.1 Å². The lowest BCUT2D eigenvalue weighted by atomic mass is 10.00. The van der Waals surface area contributed by atoms with Crippen LogP contribution in [0.4, 0.5) is 0 Å². The van der Waals surface area contributed by atoms with Crippen molar-refractivity contribution in [1.82, 2.24) is 19.3 Å². The van der Waals surface area contributed by atoms with Crippen LogP contribution in [-0.4, -0.2) is 138 Å². The van der Waals surface area contributed by atoms with E-state index in [4.69, 9.17) is 63.9 Å². The average Bonchev–Trinajstić information content (AvgIpc) is 3.99. The van der Waals surface area contributed by atoms with Crippen LogP contribution in [0.5, 0.6) is 6.01 Å². The highest BCUT2D eigenvalue weighted by atomic mass is 35.5. The third kappa shape index (κ3) is 14.8. The molecule has 4 aromatic rings. The zero-order chi connectivity index (χ0) is 54.5. The smallest absolute Gasteiger partial charge is 0.303 e. The number of nitrogens with zero attached hydrogens (tertiary/aromatic N) is 3. The number of benzene rings is 2. The first kappa shape index (κ1) is 58.5. The fourth-order valence-electron chi connectivity index (χ4n) is 8.33. The van der Waals surface area contributed by atoms with Crippen LogP contribution in [0.3, 0.4) is 0 Å². The van der Waals surface area contributed by atoms with Crippen molar-refractivity contribution in [1.29, 1.82) is 0 Å². The van der Waals surface area contributed by atoms with E-state index in [0.29, 0.717) is 58.8 Å². The number of ether oxygens (including phenoxy) is 8. The van der Waals surface area contributed by atoms with E-state index < -0.39 is 87.4 Å². The average molecular weight is 1100 g/mol. The Morgan fingerprint density at radius 3 is 1.82 bits per heavy atom. The predicted molar refractivity (Wildman–Crippen MR) is 281 cm³/mol. The summed E-state index contributed by atoms with van der Waals surface area (Å²) in [5, 5.41) is 0.403. The standard InChI is InChI=1S/C51H71ClN4O15SSi2/c1-14-40(66-30(2)57)47(68-32(4)59)48(69-33(5)60)41(67-31(3)58)26-53-72(61,62)37-21-19-35(20-22-37)34-15-17-36(18-16-34)44-38(52)25-39-49(54-44)55-50(56(39)29-63-23-24-73(9,10)11)70-42-27-64-46-43(28-65-45(42)46)71-74(12,13)51(6,7)8/h15-22,25,40-43,45-48,53H,14,23-24,26-29H2,1-13H3/t40-,41+,42-,43-,45-,46-,47-,48-/m1/s1. The maximum atomic E-state index is 13.7. The molecule has 2 aromatic carbocycles. The largest absolute Gasteiger partial charge is 0.458 e. The van der Waals surface area contributed by atoms with Crippen molar-refractivity contribution in [2.24, 2.45) is 0 Å².